The lowest BCUT2D eigenvalue weighted by Gasteiger charge is -2.12. The van der Waals surface area contributed by atoms with Crippen molar-refractivity contribution >= 4 is 21.6 Å². The molecule has 0 fully saturated rings. The molecular weight excluding hydrogens is 433 g/mol. The van der Waals surface area contributed by atoms with Crippen LogP contribution in [-0.2, 0) is 16.6 Å². The van der Waals surface area contributed by atoms with E-state index in [9.17, 15) is 26.4 Å². The zero-order valence-corrected chi connectivity index (χ0v) is 16.7. The second-order valence-corrected chi connectivity index (χ2v) is 7.96. The lowest BCUT2D eigenvalue weighted by molar-refractivity contribution is -0.0504. The van der Waals surface area contributed by atoms with Gasteiger partial charge < -0.3 is 10.1 Å². The highest BCUT2D eigenvalue weighted by molar-refractivity contribution is 7.92. The third-order valence-corrected chi connectivity index (χ3v) is 5.55. The third-order valence-electron chi connectivity index (χ3n) is 4.17. The molecule has 0 unspecified atom stereocenters. The summed E-state index contributed by atoms with van der Waals surface area (Å²) in [5, 5.41) is 2.56. The summed E-state index contributed by atoms with van der Waals surface area (Å²) in [7, 11) is -4.06. The molecule has 162 valence electrons. The van der Waals surface area contributed by atoms with Crippen LogP contribution in [0.1, 0.15) is 15.9 Å². The maximum atomic E-state index is 13.7. The van der Waals surface area contributed by atoms with Crippen LogP contribution >= 0.6 is 0 Å². The molecule has 2 N–H and O–H groups in total. The number of ether oxygens (including phenoxy) is 1. The van der Waals surface area contributed by atoms with Crippen LogP contribution in [0.15, 0.2) is 77.7 Å². The van der Waals surface area contributed by atoms with E-state index in [-0.39, 0.29) is 28.4 Å². The third kappa shape index (κ3) is 5.76. The molecule has 0 bridgehead atoms. The SMILES string of the molecule is O=C(NCc1ccccc1OC(F)F)c1ccc(S(=O)(=O)Nc2ccccc2F)cc1. The summed E-state index contributed by atoms with van der Waals surface area (Å²) in [5.74, 6) is -1.32. The van der Waals surface area contributed by atoms with E-state index in [4.69, 9.17) is 0 Å². The van der Waals surface area contributed by atoms with E-state index in [1.165, 1.54) is 60.7 Å². The Hall–Kier alpha value is -3.53. The fraction of sp³-hybridized carbons (Fsp3) is 0.0952. The standard InChI is InChI=1S/C21H17F3N2O4S/c22-17-6-2-3-7-18(17)26-31(28,29)16-11-9-14(10-12-16)20(27)25-13-15-5-1-4-8-19(15)30-21(23)24/h1-12,21,26H,13H2,(H,25,27). The summed E-state index contributed by atoms with van der Waals surface area (Å²) >= 11 is 0. The summed E-state index contributed by atoms with van der Waals surface area (Å²) in [6.45, 7) is -3.07. The molecule has 3 rings (SSSR count). The second-order valence-electron chi connectivity index (χ2n) is 6.28. The quantitative estimate of drug-likeness (QED) is 0.540. The topological polar surface area (TPSA) is 84.5 Å². The molecule has 0 spiro atoms. The average molecular weight is 450 g/mol. The number of halogens is 3. The molecule has 31 heavy (non-hydrogen) atoms. The van der Waals surface area contributed by atoms with Gasteiger partial charge in [0.2, 0.25) is 0 Å². The molecule has 6 nitrogen and oxygen atoms in total. The van der Waals surface area contributed by atoms with Gasteiger partial charge in [0.1, 0.15) is 11.6 Å². The molecule has 0 aromatic heterocycles. The van der Waals surface area contributed by atoms with Crippen molar-refractivity contribution in [1.29, 1.82) is 0 Å². The predicted molar refractivity (Wildman–Crippen MR) is 108 cm³/mol. The molecule has 10 heteroatoms. The number of hydrogen-bond acceptors (Lipinski definition) is 4. The maximum absolute atomic E-state index is 13.7. The van der Waals surface area contributed by atoms with E-state index < -0.39 is 28.4 Å². The van der Waals surface area contributed by atoms with Crippen LogP contribution in [-0.4, -0.2) is 20.9 Å². The number of carbonyl (C=O) groups is 1. The van der Waals surface area contributed by atoms with Gasteiger partial charge in [0, 0.05) is 17.7 Å². The number of carbonyl (C=O) groups excluding carboxylic acids is 1. The first-order chi connectivity index (χ1) is 14.8. The fourth-order valence-corrected chi connectivity index (χ4v) is 3.74. The summed E-state index contributed by atoms with van der Waals surface area (Å²) in [6, 6.07) is 16.3. The normalized spacial score (nSPS) is 11.2. The largest absolute Gasteiger partial charge is 0.434 e. The molecule has 0 saturated heterocycles. The number of para-hydroxylation sites is 2. The van der Waals surface area contributed by atoms with E-state index in [1.807, 2.05) is 0 Å². The van der Waals surface area contributed by atoms with Crippen LogP contribution in [0.5, 0.6) is 5.75 Å². The van der Waals surface area contributed by atoms with Crippen LogP contribution in [0, 0.1) is 5.82 Å². The smallest absolute Gasteiger partial charge is 0.387 e. The fourth-order valence-electron chi connectivity index (χ4n) is 2.67. The second kappa shape index (κ2) is 9.52. The molecule has 0 radical (unpaired) electrons. The minimum atomic E-state index is -4.06. The lowest BCUT2D eigenvalue weighted by Crippen LogP contribution is -2.23. The molecule has 0 aliphatic heterocycles. The van der Waals surface area contributed by atoms with Crippen molar-refractivity contribution in [2.75, 3.05) is 4.72 Å². The van der Waals surface area contributed by atoms with Crippen molar-refractivity contribution in [3.05, 3.63) is 89.7 Å². The highest BCUT2D eigenvalue weighted by Crippen LogP contribution is 2.21. The Bertz CT molecular complexity index is 1170. The number of rotatable bonds is 8. The van der Waals surface area contributed by atoms with Crippen LogP contribution < -0.4 is 14.8 Å². The first kappa shape index (κ1) is 22.2. The molecular formula is C21H17F3N2O4S. The van der Waals surface area contributed by atoms with Gasteiger partial charge in [0.15, 0.2) is 0 Å². The van der Waals surface area contributed by atoms with E-state index >= 15 is 0 Å². The zero-order valence-electron chi connectivity index (χ0n) is 15.9. The van der Waals surface area contributed by atoms with Gasteiger partial charge in [-0.05, 0) is 42.5 Å². The molecule has 0 saturated carbocycles. The number of amides is 1. The van der Waals surface area contributed by atoms with Gasteiger partial charge in [-0.1, -0.05) is 30.3 Å². The minimum absolute atomic E-state index is 0.0570. The number of anilines is 1. The van der Waals surface area contributed by atoms with Gasteiger partial charge in [0.25, 0.3) is 15.9 Å². The summed E-state index contributed by atoms with van der Waals surface area (Å²) in [5.41, 5.74) is 0.301. The van der Waals surface area contributed by atoms with Crippen LogP contribution in [0.4, 0.5) is 18.9 Å². The first-order valence-corrected chi connectivity index (χ1v) is 10.4. The number of alkyl halides is 2. The van der Waals surface area contributed by atoms with Crippen LogP contribution in [0.2, 0.25) is 0 Å². The Morgan fingerprint density at radius 3 is 2.26 bits per heavy atom. The van der Waals surface area contributed by atoms with Gasteiger partial charge >= 0.3 is 6.61 Å². The van der Waals surface area contributed by atoms with Gasteiger partial charge in [0.05, 0.1) is 10.6 Å². The molecule has 0 aliphatic carbocycles. The lowest BCUT2D eigenvalue weighted by atomic mass is 10.2. The molecule has 0 aliphatic rings. The summed E-state index contributed by atoms with van der Waals surface area (Å²) in [6.07, 6.45) is 0. The highest BCUT2D eigenvalue weighted by atomic mass is 32.2. The van der Waals surface area contributed by atoms with E-state index in [1.54, 1.807) is 6.07 Å². The van der Waals surface area contributed by atoms with Crippen LogP contribution in [0.25, 0.3) is 0 Å². The summed E-state index contributed by atoms with van der Waals surface area (Å²) in [4.78, 5) is 12.2. The Kier molecular flexibility index (Phi) is 6.81. The molecule has 0 heterocycles. The minimum Gasteiger partial charge on any atom is -0.434 e. The molecule has 3 aromatic carbocycles. The van der Waals surface area contributed by atoms with Crippen molar-refractivity contribution in [2.24, 2.45) is 0 Å². The van der Waals surface area contributed by atoms with E-state index in [0.717, 1.165) is 6.07 Å². The predicted octanol–water partition coefficient (Wildman–Crippen LogP) is 4.16. The molecule has 3 aromatic rings. The van der Waals surface area contributed by atoms with Crippen molar-refractivity contribution < 1.29 is 31.1 Å². The van der Waals surface area contributed by atoms with Crippen molar-refractivity contribution in [2.45, 2.75) is 18.1 Å². The number of hydrogen-bond donors (Lipinski definition) is 2. The molecule has 1 amide bonds. The zero-order chi connectivity index (χ0) is 22.4. The Balaban J connectivity index is 1.67. The highest BCUT2D eigenvalue weighted by Gasteiger charge is 2.17. The Morgan fingerprint density at radius 1 is 0.935 bits per heavy atom. The summed E-state index contributed by atoms with van der Waals surface area (Å²) < 4.78 is 70.0. The monoisotopic (exact) mass is 450 g/mol. The molecule has 0 atom stereocenters. The van der Waals surface area contributed by atoms with Gasteiger partial charge in [-0.15, -0.1) is 0 Å². The van der Waals surface area contributed by atoms with Crippen molar-refractivity contribution in [1.82, 2.24) is 5.32 Å². The Morgan fingerprint density at radius 2 is 1.58 bits per heavy atom. The number of benzene rings is 3. The van der Waals surface area contributed by atoms with E-state index in [0.29, 0.717) is 5.56 Å². The van der Waals surface area contributed by atoms with Gasteiger partial charge in [-0.3, -0.25) is 9.52 Å². The van der Waals surface area contributed by atoms with Crippen molar-refractivity contribution in [3.63, 3.8) is 0 Å². The number of sulfonamides is 1. The first-order valence-electron chi connectivity index (χ1n) is 8.94. The number of nitrogens with one attached hydrogen (secondary N) is 2. The van der Waals surface area contributed by atoms with Crippen LogP contribution in [0.3, 0.4) is 0 Å². The van der Waals surface area contributed by atoms with E-state index in [2.05, 4.69) is 14.8 Å². The van der Waals surface area contributed by atoms with Gasteiger partial charge in [-0.2, -0.15) is 8.78 Å². The average Bonchev–Trinajstić information content (AvgIpc) is 2.74. The Labute approximate surface area is 176 Å². The van der Waals surface area contributed by atoms with Gasteiger partial charge in [-0.25, -0.2) is 12.8 Å². The maximum Gasteiger partial charge on any atom is 0.387 e. The van der Waals surface area contributed by atoms with Crippen molar-refractivity contribution in [3.8, 4) is 5.75 Å².